The molecule has 2 aromatic rings. The molecule has 4 rings (SSSR count). The third kappa shape index (κ3) is 6.24. The molecule has 0 aliphatic carbocycles. The number of benzene rings is 2. The predicted octanol–water partition coefficient (Wildman–Crippen LogP) is 2.19. The first-order valence-electron chi connectivity index (χ1n) is 12.2. The molecule has 0 radical (unpaired) electrons. The molecule has 2 heterocycles. The Bertz CT molecular complexity index is 1460. The molecule has 2 saturated heterocycles. The van der Waals surface area contributed by atoms with E-state index >= 15 is 0 Å². The van der Waals surface area contributed by atoms with Gasteiger partial charge in [0.15, 0.2) is 9.84 Å². The summed E-state index contributed by atoms with van der Waals surface area (Å²) in [6.07, 6.45) is 4.34. The summed E-state index contributed by atoms with van der Waals surface area (Å²) in [4.78, 5) is 15.1. The van der Waals surface area contributed by atoms with E-state index in [1.54, 1.807) is 29.2 Å². The van der Waals surface area contributed by atoms with E-state index in [1.165, 1.54) is 34.8 Å². The molecule has 0 bridgehead atoms. The van der Waals surface area contributed by atoms with Crippen molar-refractivity contribution in [2.24, 2.45) is 5.92 Å². The molecular formula is C25H32N2O7S3. The second kappa shape index (κ2) is 10.5. The van der Waals surface area contributed by atoms with Crippen molar-refractivity contribution in [3.63, 3.8) is 0 Å². The van der Waals surface area contributed by atoms with Crippen LogP contribution in [0.2, 0.25) is 0 Å². The summed E-state index contributed by atoms with van der Waals surface area (Å²) < 4.78 is 75.0. The normalized spacial score (nSPS) is 20.6. The van der Waals surface area contributed by atoms with Crippen LogP contribution in [0.25, 0.3) is 11.1 Å². The van der Waals surface area contributed by atoms with Gasteiger partial charge in [-0.15, -0.1) is 0 Å². The van der Waals surface area contributed by atoms with Crippen molar-refractivity contribution in [3.8, 4) is 11.1 Å². The number of hydrogen-bond donors (Lipinski definition) is 0. The average Bonchev–Trinajstić information content (AvgIpc) is 2.87. The predicted molar refractivity (Wildman–Crippen MR) is 141 cm³/mol. The Hall–Kier alpha value is -2.28. The van der Waals surface area contributed by atoms with Gasteiger partial charge in [-0.2, -0.15) is 4.31 Å². The van der Waals surface area contributed by atoms with Crippen LogP contribution < -0.4 is 0 Å². The summed E-state index contributed by atoms with van der Waals surface area (Å²) in [5, 5.41) is -0.430. The number of piperidine rings is 2. The number of carbonyl (C=O) groups excluding carboxylic acids is 1. The Morgan fingerprint density at radius 2 is 1.24 bits per heavy atom. The first-order chi connectivity index (χ1) is 17.3. The fraction of sp³-hybridized carbons (Fsp3) is 0.480. The van der Waals surface area contributed by atoms with E-state index in [4.69, 9.17) is 0 Å². The fourth-order valence-electron chi connectivity index (χ4n) is 4.99. The highest BCUT2D eigenvalue weighted by Crippen LogP contribution is 2.29. The Morgan fingerprint density at radius 3 is 1.73 bits per heavy atom. The van der Waals surface area contributed by atoms with Gasteiger partial charge >= 0.3 is 0 Å². The van der Waals surface area contributed by atoms with E-state index in [2.05, 4.69) is 0 Å². The van der Waals surface area contributed by atoms with Crippen LogP contribution in [-0.2, 0) is 34.5 Å². The minimum atomic E-state index is -3.81. The third-order valence-corrected chi connectivity index (χ3v) is 11.9. The van der Waals surface area contributed by atoms with Gasteiger partial charge in [-0.05, 0) is 61.1 Å². The van der Waals surface area contributed by atoms with E-state index in [-0.39, 0.29) is 22.2 Å². The number of nitrogens with zero attached hydrogens (tertiary/aromatic N) is 2. The number of sulfonamides is 1. The van der Waals surface area contributed by atoms with Gasteiger partial charge in [-0.3, -0.25) is 4.79 Å². The third-order valence-electron chi connectivity index (χ3n) is 7.20. The Morgan fingerprint density at radius 1 is 0.730 bits per heavy atom. The Balaban J connectivity index is 1.43. The van der Waals surface area contributed by atoms with Crippen LogP contribution in [0.1, 0.15) is 25.7 Å². The van der Waals surface area contributed by atoms with Crippen LogP contribution >= 0.6 is 0 Å². The van der Waals surface area contributed by atoms with Gasteiger partial charge in [0.2, 0.25) is 15.9 Å². The molecule has 9 nitrogen and oxygen atoms in total. The summed E-state index contributed by atoms with van der Waals surface area (Å²) in [6, 6.07) is 12.8. The summed E-state index contributed by atoms with van der Waals surface area (Å²) in [7, 11) is -10.2. The van der Waals surface area contributed by atoms with Crippen molar-refractivity contribution in [2.75, 3.05) is 38.7 Å². The molecule has 2 fully saturated rings. The summed E-state index contributed by atoms with van der Waals surface area (Å²) >= 11 is 0. The lowest BCUT2D eigenvalue weighted by molar-refractivity contribution is -0.137. The zero-order valence-corrected chi connectivity index (χ0v) is 23.4. The first-order valence-corrected chi connectivity index (χ1v) is 17.4. The van der Waals surface area contributed by atoms with Crippen molar-refractivity contribution in [1.29, 1.82) is 0 Å². The number of carbonyl (C=O) groups is 1. The molecule has 12 heteroatoms. The van der Waals surface area contributed by atoms with Crippen LogP contribution in [-0.4, -0.2) is 84.3 Å². The molecular weight excluding hydrogens is 536 g/mol. The van der Waals surface area contributed by atoms with Gasteiger partial charge in [-0.25, -0.2) is 25.3 Å². The number of hydrogen-bond acceptors (Lipinski definition) is 7. The molecule has 0 saturated carbocycles. The fourth-order valence-corrected chi connectivity index (χ4v) is 8.21. The molecule has 2 aromatic carbocycles. The van der Waals surface area contributed by atoms with Crippen LogP contribution in [0.3, 0.4) is 0 Å². The van der Waals surface area contributed by atoms with Crippen LogP contribution in [0, 0.1) is 5.92 Å². The van der Waals surface area contributed by atoms with Crippen LogP contribution in [0.5, 0.6) is 0 Å². The van der Waals surface area contributed by atoms with E-state index in [1.807, 2.05) is 0 Å². The SMILES string of the molecule is CS(=O)(=O)c1ccc(-c2ccc(S(=O)(=O)N3CCCC(C(=O)N4CCC(S(C)(=O)=O)CC4)C3)cc2)cc1. The number of rotatable bonds is 6. The molecule has 0 N–H and O–H groups in total. The Kier molecular flexibility index (Phi) is 7.85. The number of amides is 1. The monoisotopic (exact) mass is 568 g/mol. The molecule has 2 aliphatic heterocycles. The molecule has 1 unspecified atom stereocenters. The van der Waals surface area contributed by atoms with E-state index in [0.29, 0.717) is 45.3 Å². The zero-order valence-electron chi connectivity index (χ0n) is 20.9. The van der Waals surface area contributed by atoms with Crippen molar-refractivity contribution in [3.05, 3.63) is 48.5 Å². The lowest BCUT2D eigenvalue weighted by Gasteiger charge is -2.37. The summed E-state index contributed by atoms with van der Waals surface area (Å²) in [6.45, 7) is 1.16. The molecule has 0 spiro atoms. The van der Waals surface area contributed by atoms with E-state index in [9.17, 15) is 30.0 Å². The molecule has 1 atom stereocenters. The average molecular weight is 569 g/mol. The zero-order chi connectivity index (χ0) is 27.0. The number of likely N-dealkylation sites (tertiary alicyclic amines) is 1. The molecule has 2 aliphatic rings. The highest BCUT2D eigenvalue weighted by Gasteiger charge is 2.37. The highest BCUT2D eigenvalue weighted by atomic mass is 32.2. The van der Waals surface area contributed by atoms with E-state index in [0.717, 1.165) is 17.4 Å². The van der Waals surface area contributed by atoms with Crippen molar-refractivity contribution >= 4 is 35.6 Å². The maximum Gasteiger partial charge on any atom is 0.243 e. The maximum absolute atomic E-state index is 13.4. The van der Waals surface area contributed by atoms with Gasteiger partial charge in [0.25, 0.3) is 0 Å². The first kappa shape index (κ1) is 27.7. The second-order valence-corrected chi connectivity index (χ2v) is 16.2. The molecule has 1 amide bonds. The van der Waals surface area contributed by atoms with Crippen molar-refractivity contribution in [1.82, 2.24) is 9.21 Å². The lowest BCUT2D eigenvalue weighted by atomic mass is 9.97. The van der Waals surface area contributed by atoms with E-state index < -0.39 is 40.9 Å². The Labute approximate surface area is 219 Å². The minimum Gasteiger partial charge on any atom is -0.342 e. The van der Waals surface area contributed by atoms with Crippen molar-refractivity contribution in [2.45, 2.75) is 40.7 Å². The standard InChI is InChI=1S/C25H32N2O7S3/c1-35(29,30)22-9-5-19(6-10-22)20-7-11-24(12-8-20)37(33,34)27-15-3-4-21(18-27)25(28)26-16-13-23(14-17-26)36(2,31)32/h5-12,21,23H,3-4,13-18H2,1-2H3. The van der Waals surface area contributed by atoms with Crippen molar-refractivity contribution < 1.29 is 30.0 Å². The minimum absolute atomic E-state index is 0.0991. The number of sulfone groups is 2. The summed E-state index contributed by atoms with van der Waals surface area (Å²) in [5.41, 5.74) is 1.52. The molecule has 0 aromatic heterocycles. The quantitative estimate of drug-likeness (QED) is 0.523. The largest absolute Gasteiger partial charge is 0.342 e. The smallest absolute Gasteiger partial charge is 0.243 e. The van der Waals surface area contributed by atoms with Crippen LogP contribution in [0.15, 0.2) is 58.3 Å². The topological polar surface area (TPSA) is 126 Å². The van der Waals surface area contributed by atoms with Gasteiger partial charge < -0.3 is 4.90 Å². The highest BCUT2D eigenvalue weighted by molar-refractivity contribution is 7.91. The van der Waals surface area contributed by atoms with Gasteiger partial charge in [0.1, 0.15) is 9.84 Å². The van der Waals surface area contributed by atoms with Gasteiger partial charge in [-0.1, -0.05) is 24.3 Å². The van der Waals surface area contributed by atoms with Gasteiger partial charge in [0, 0.05) is 38.7 Å². The molecule has 37 heavy (non-hydrogen) atoms. The summed E-state index contributed by atoms with van der Waals surface area (Å²) in [5.74, 6) is -0.564. The maximum atomic E-state index is 13.4. The van der Waals surface area contributed by atoms with Gasteiger partial charge in [0.05, 0.1) is 21.0 Å². The second-order valence-electron chi connectivity index (χ2n) is 9.88. The van der Waals surface area contributed by atoms with Crippen LogP contribution in [0.4, 0.5) is 0 Å². The lowest BCUT2D eigenvalue weighted by Crippen LogP contribution is -2.49. The molecule has 202 valence electrons.